The SMILES string of the molecule is C#CCNC(=O)CN(CC)CC(N)=O. The fraction of sp³-hybridized carbons (Fsp3) is 0.556. The van der Waals surface area contributed by atoms with Crippen LogP contribution >= 0.6 is 0 Å². The van der Waals surface area contributed by atoms with Gasteiger partial charge in [0.05, 0.1) is 19.6 Å². The van der Waals surface area contributed by atoms with Crippen molar-refractivity contribution in [1.29, 1.82) is 0 Å². The smallest absolute Gasteiger partial charge is 0.234 e. The molecule has 0 saturated carbocycles. The van der Waals surface area contributed by atoms with E-state index in [1.165, 1.54) is 0 Å². The molecule has 0 aromatic rings. The first-order valence-corrected chi connectivity index (χ1v) is 4.31. The molecule has 78 valence electrons. The van der Waals surface area contributed by atoms with Crippen LogP contribution in [0.25, 0.3) is 0 Å². The summed E-state index contributed by atoms with van der Waals surface area (Å²) in [7, 11) is 0. The average molecular weight is 197 g/mol. The topological polar surface area (TPSA) is 75.4 Å². The summed E-state index contributed by atoms with van der Waals surface area (Å²) in [5, 5.41) is 2.50. The van der Waals surface area contributed by atoms with Gasteiger partial charge in [0.25, 0.3) is 0 Å². The van der Waals surface area contributed by atoms with Crippen molar-refractivity contribution in [2.75, 3.05) is 26.2 Å². The van der Waals surface area contributed by atoms with Crippen LogP contribution < -0.4 is 11.1 Å². The Morgan fingerprint density at radius 2 is 2.14 bits per heavy atom. The molecule has 0 aliphatic carbocycles. The summed E-state index contributed by atoms with van der Waals surface area (Å²) in [6.45, 7) is 2.86. The summed E-state index contributed by atoms with van der Waals surface area (Å²) in [5.41, 5.74) is 5.00. The molecule has 0 aromatic carbocycles. The highest BCUT2D eigenvalue weighted by atomic mass is 16.2. The lowest BCUT2D eigenvalue weighted by molar-refractivity contribution is -0.123. The molecule has 3 N–H and O–H groups in total. The number of hydrogen-bond donors (Lipinski definition) is 2. The third-order valence-corrected chi connectivity index (χ3v) is 1.58. The van der Waals surface area contributed by atoms with Crippen LogP contribution in [0.1, 0.15) is 6.92 Å². The highest BCUT2D eigenvalue weighted by molar-refractivity contribution is 5.80. The number of amides is 2. The van der Waals surface area contributed by atoms with Gasteiger partial charge in [0.2, 0.25) is 11.8 Å². The van der Waals surface area contributed by atoms with Crippen molar-refractivity contribution in [2.45, 2.75) is 6.92 Å². The van der Waals surface area contributed by atoms with Gasteiger partial charge in [-0.2, -0.15) is 0 Å². The van der Waals surface area contributed by atoms with Gasteiger partial charge in [-0.3, -0.25) is 14.5 Å². The Morgan fingerprint density at radius 3 is 2.57 bits per heavy atom. The highest BCUT2D eigenvalue weighted by Gasteiger charge is 2.09. The maximum Gasteiger partial charge on any atom is 0.234 e. The number of nitrogens with one attached hydrogen (secondary N) is 1. The molecule has 0 heterocycles. The van der Waals surface area contributed by atoms with Crippen LogP contribution in [0.2, 0.25) is 0 Å². The Labute approximate surface area is 83.6 Å². The lowest BCUT2D eigenvalue weighted by Gasteiger charge is -2.17. The highest BCUT2D eigenvalue weighted by Crippen LogP contribution is 1.85. The van der Waals surface area contributed by atoms with E-state index in [0.717, 1.165) is 0 Å². The second-order valence-corrected chi connectivity index (χ2v) is 2.75. The minimum Gasteiger partial charge on any atom is -0.369 e. The molecule has 0 saturated heterocycles. The number of hydrogen-bond acceptors (Lipinski definition) is 3. The minimum absolute atomic E-state index is 0.0833. The minimum atomic E-state index is -0.448. The van der Waals surface area contributed by atoms with E-state index < -0.39 is 5.91 Å². The Morgan fingerprint density at radius 1 is 1.50 bits per heavy atom. The first kappa shape index (κ1) is 12.5. The van der Waals surface area contributed by atoms with Crippen molar-refractivity contribution >= 4 is 11.8 Å². The average Bonchev–Trinajstić information content (AvgIpc) is 2.12. The largest absolute Gasteiger partial charge is 0.369 e. The van der Waals surface area contributed by atoms with Crippen molar-refractivity contribution in [2.24, 2.45) is 5.73 Å². The van der Waals surface area contributed by atoms with Crippen LogP contribution in [-0.2, 0) is 9.59 Å². The van der Waals surface area contributed by atoms with Crippen LogP contribution in [-0.4, -0.2) is 42.9 Å². The second kappa shape index (κ2) is 6.92. The summed E-state index contributed by atoms with van der Waals surface area (Å²) >= 11 is 0. The van der Waals surface area contributed by atoms with E-state index in [0.29, 0.717) is 6.54 Å². The monoisotopic (exact) mass is 197 g/mol. The molecule has 5 nitrogen and oxygen atoms in total. The van der Waals surface area contributed by atoms with E-state index in [-0.39, 0.29) is 25.5 Å². The van der Waals surface area contributed by atoms with Crippen molar-refractivity contribution < 1.29 is 9.59 Å². The van der Waals surface area contributed by atoms with Gasteiger partial charge >= 0.3 is 0 Å². The maximum absolute atomic E-state index is 11.2. The standard InChI is InChI=1S/C9H15N3O2/c1-3-5-11-9(14)7-12(4-2)6-8(10)13/h1H,4-7H2,2H3,(H2,10,13)(H,11,14). The predicted molar refractivity (Wildman–Crippen MR) is 53.2 cm³/mol. The van der Waals surface area contributed by atoms with Crippen molar-refractivity contribution in [3.8, 4) is 12.3 Å². The third kappa shape index (κ3) is 6.03. The van der Waals surface area contributed by atoms with Gasteiger partial charge in [0.1, 0.15) is 0 Å². The molecular weight excluding hydrogens is 182 g/mol. The summed E-state index contributed by atoms with van der Waals surface area (Å²) in [6, 6.07) is 0. The van der Waals surface area contributed by atoms with E-state index in [9.17, 15) is 9.59 Å². The Balaban J connectivity index is 3.87. The fourth-order valence-corrected chi connectivity index (χ4v) is 0.909. The number of likely N-dealkylation sites (N-methyl/N-ethyl adjacent to an activating group) is 1. The van der Waals surface area contributed by atoms with E-state index >= 15 is 0 Å². The molecule has 0 spiro atoms. The number of carbonyl (C=O) groups is 2. The van der Waals surface area contributed by atoms with Gasteiger partial charge in [-0.05, 0) is 6.54 Å². The van der Waals surface area contributed by atoms with Gasteiger partial charge in [-0.25, -0.2) is 0 Å². The van der Waals surface area contributed by atoms with Gasteiger partial charge in [0, 0.05) is 0 Å². The number of carbonyl (C=O) groups excluding carboxylic acids is 2. The van der Waals surface area contributed by atoms with E-state index in [2.05, 4.69) is 11.2 Å². The van der Waals surface area contributed by atoms with Gasteiger partial charge in [0.15, 0.2) is 0 Å². The predicted octanol–water partition coefficient (Wildman–Crippen LogP) is -1.46. The number of nitrogens with two attached hydrogens (primary N) is 1. The van der Waals surface area contributed by atoms with Gasteiger partial charge in [-0.1, -0.05) is 12.8 Å². The van der Waals surface area contributed by atoms with E-state index in [4.69, 9.17) is 12.2 Å². The molecule has 0 aromatic heterocycles. The molecule has 0 radical (unpaired) electrons. The molecule has 5 heteroatoms. The number of nitrogens with zero attached hydrogens (tertiary/aromatic N) is 1. The van der Waals surface area contributed by atoms with Crippen LogP contribution in [0.15, 0.2) is 0 Å². The van der Waals surface area contributed by atoms with Crippen molar-refractivity contribution in [1.82, 2.24) is 10.2 Å². The third-order valence-electron chi connectivity index (χ3n) is 1.58. The van der Waals surface area contributed by atoms with Crippen LogP contribution in [0.3, 0.4) is 0 Å². The first-order chi connectivity index (χ1) is 6.60. The normalized spacial score (nSPS) is 9.50. The van der Waals surface area contributed by atoms with E-state index in [1.54, 1.807) is 4.90 Å². The van der Waals surface area contributed by atoms with Gasteiger partial charge < -0.3 is 11.1 Å². The summed E-state index contributed by atoms with van der Waals surface area (Å²) < 4.78 is 0. The fourth-order valence-electron chi connectivity index (χ4n) is 0.909. The molecule has 0 atom stereocenters. The molecular formula is C9H15N3O2. The molecule has 0 fully saturated rings. The number of rotatable bonds is 6. The summed E-state index contributed by atoms with van der Waals surface area (Å²) in [4.78, 5) is 23.4. The zero-order valence-electron chi connectivity index (χ0n) is 8.25. The van der Waals surface area contributed by atoms with Gasteiger partial charge in [-0.15, -0.1) is 6.42 Å². The zero-order chi connectivity index (χ0) is 11.0. The molecule has 0 unspecified atom stereocenters. The molecule has 0 aliphatic heterocycles. The Hall–Kier alpha value is -1.54. The van der Waals surface area contributed by atoms with Crippen LogP contribution in [0, 0.1) is 12.3 Å². The Kier molecular flexibility index (Phi) is 6.16. The van der Waals surface area contributed by atoms with Crippen molar-refractivity contribution in [3.63, 3.8) is 0 Å². The number of terminal acetylenes is 1. The van der Waals surface area contributed by atoms with Crippen LogP contribution in [0.4, 0.5) is 0 Å². The number of primary amides is 1. The Bertz CT molecular complexity index is 245. The zero-order valence-corrected chi connectivity index (χ0v) is 8.25. The van der Waals surface area contributed by atoms with Crippen LogP contribution in [0.5, 0.6) is 0 Å². The maximum atomic E-state index is 11.2. The van der Waals surface area contributed by atoms with E-state index in [1.807, 2.05) is 6.92 Å². The molecule has 0 bridgehead atoms. The second-order valence-electron chi connectivity index (χ2n) is 2.75. The lowest BCUT2D eigenvalue weighted by atomic mass is 10.4. The quantitative estimate of drug-likeness (QED) is 0.511. The first-order valence-electron chi connectivity index (χ1n) is 4.31. The molecule has 0 rings (SSSR count). The van der Waals surface area contributed by atoms with Crippen molar-refractivity contribution in [3.05, 3.63) is 0 Å². The summed E-state index contributed by atoms with van der Waals surface area (Å²) in [6.07, 6.45) is 4.97. The lowest BCUT2D eigenvalue weighted by Crippen LogP contribution is -2.41. The molecule has 2 amide bonds. The summed E-state index contributed by atoms with van der Waals surface area (Å²) in [5.74, 6) is 1.64. The molecule has 14 heavy (non-hydrogen) atoms. The molecule has 0 aliphatic rings.